The van der Waals surface area contributed by atoms with Crippen LogP contribution in [0.4, 0.5) is 4.39 Å². The Bertz CT molecular complexity index is 731. The van der Waals surface area contributed by atoms with Crippen molar-refractivity contribution < 1.29 is 18.7 Å². The van der Waals surface area contributed by atoms with Gasteiger partial charge in [-0.1, -0.05) is 18.2 Å². The predicted molar refractivity (Wildman–Crippen MR) is 91.7 cm³/mol. The Morgan fingerprint density at radius 2 is 1.83 bits per heavy atom. The van der Waals surface area contributed by atoms with Crippen molar-refractivity contribution in [1.29, 1.82) is 0 Å². The molecule has 0 bridgehead atoms. The van der Waals surface area contributed by atoms with E-state index in [4.69, 9.17) is 9.47 Å². The summed E-state index contributed by atoms with van der Waals surface area (Å²) in [5, 5.41) is -0.193. The van der Waals surface area contributed by atoms with Crippen LogP contribution in [0, 0.1) is 5.82 Å². The highest BCUT2D eigenvalue weighted by Gasteiger charge is 2.33. The Kier molecular flexibility index (Phi) is 4.94. The maximum Gasteiger partial charge on any atom is 0.234 e. The number of hydrogen-bond acceptors (Lipinski definition) is 4. The van der Waals surface area contributed by atoms with Crippen molar-refractivity contribution in [1.82, 2.24) is 4.90 Å². The van der Waals surface area contributed by atoms with Gasteiger partial charge in [0.15, 0.2) is 0 Å². The minimum absolute atomic E-state index is 0.00459. The van der Waals surface area contributed by atoms with Crippen LogP contribution < -0.4 is 9.47 Å². The van der Waals surface area contributed by atoms with Gasteiger partial charge in [0.05, 0.1) is 20.0 Å². The molecule has 1 atom stereocenters. The molecule has 0 aromatic heterocycles. The van der Waals surface area contributed by atoms with Crippen LogP contribution in [0.5, 0.6) is 11.5 Å². The number of thioether (sulfide) groups is 1. The van der Waals surface area contributed by atoms with Crippen molar-refractivity contribution >= 4 is 17.7 Å². The summed E-state index contributed by atoms with van der Waals surface area (Å²) in [6.45, 7) is 0.239. The van der Waals surface area contributed by atoms with Gasteiger partial charge in [-0.2, -0.15) is 0 Å². The minimum Gasteiger partial charge on any atom is -0.497 e. The molecule has 1 aliphatic heterocycles. The normalized spacial score (nSPS) is 17.2. The molecule has 2 aromatic rings. The van der Waals surface area contributed by atoms with Crippen LogP contribution in [0.25, 0.3) is 0 Å². The first kappa shape index (κ1) is 16.6. The first-order valence-corrected chi connectivity index (χ1v) is 8.54. The van der Waals surface area contributed by atoms with Crippen LogP contribution in [-0.4, -0.2) is 30.8 Å². The van der Waals surface area contributed by atoms with Crippen molar-refractivity contribution in [2.24, 2.45) is 0 Å². The number of carbonyl (C=O) groups is 1. The number of benzene rings is 2. The van der Waals surface area contributed by atoms with E-state index in [2.05, 4.69) is 0 Å². The first-order chi connectivity index (χ1) is 11.6. The summed E-state index contributed by atoms with van der Waals surface area (Å²) in [7, 11) is 3.17. The topological polar surface area (TPSA) is 38.8 Å². The van der Waals surface area contributed by atoms with E-state index in [-0.39, 0.29) is 23.6 Å². The van der Waals surface area contributed by atoms with Gasteiger partial charge < -0.3 is 14.4 Å². The SMILES string of the molecule is COc1cc(OC)cc(C2SCC(=O)N2Cc2ccccc2F)c1. The number of rotatable bonds is 5. The van der Waals surface area contributed by atoms with Crippen LogP contribution in [0.2, 0.25) is 0 Å². The molecular formula is C18H18FNO3S. The molecule has 1 amide bonds. The third-order valence-electron chi connectivity index (χ3n) is 3.93. The van der Waals surface area contributed by atoms with E-state index in [0.29, 0.717) is 22.8 Å². The molecule has 4 nitrogen and oxygen atoms in total. The average Bonchev–Trinajstić information content (AvgIpc) is 2.97. The number of hydrogen-bond donors (Lipinski definition) is 0. The average molecular weight is 347 g/mol. The quantitative estimate of drug-likeness (QED) is 0.828. The third-order valence-corrected chi connectivity index (χ3v) is 5.18. The molecular weight excluding hydrogens is 329 g/mol. The molecule has 1 fully saturated rings. The van der Waals surface area contributed by atoms with Crippen LogP contribution in [0.15, 0.2) is 42.5 Å². The molecule has 1 heterocycles. The molecule has 0 radical (unpaired) electrons. The summed E-state index contributed by atoms with van der Waals surface area (Å²) in [6.07, 6.45) is 0. The minimum atomic E-state index is -0.302. The Balaban J connectivity index is 1.92. The molecule has 0 N–H and O–H groups in total. The van der Waals surface area contributed by atoms with Crippen LogP contribution >= 0.6 is 11.8 Å². The summed E-state index contributed by atoms with van der Waals surface area (Å²) in [5.41, 5.74) is 1.41. The fraction of sp³-hybridized carbons (Fsp3) is 0.278. The van der Waals surface area contributed by atoms with Gasteiger partial charge in [0, 0.05) is 18.2 Å². The van der Waals surface area contributed by atoms with Gasteiger partial charge in [-0.05, 0) is 23.8 Å². The summed E-state index contributed by atoms with van der Waals surface area (Å²) in [5.74, 6) is 1.39. The monoisotopic (exact) mass is 347 g/mol. The van der Waals surface area contributed by atoms with Gasteiger partial charge in [-0.3, -0.25) is 4.79 Å². The zero-order chi connectivity index (χ0) is 17.1. The van der Waals surface area contributed by atoms with E-state index in [9.17, 15) is 9.18 Å². The standard InChI is InChI=1S/C18H18FNO3S/c1-22-14-7-13(8-15(9-14)23-2)18-20(17(21)11-24-18)10-12-5-3-4-6-16(12)19/h3-9,18H,10-11H2,1-2H3. The highest BCUT2D eigenvalue weighted by molar-refractivity contribution is 8.00. The number of carbonyl (C=O) groups excluding carboxylic acids is 1. The van der Waals surface area contributed by atoms with Crippen LogP contribution in [0.3, 0.4) is 0 Å². The molecule has 0 aliphatic carbocycles. The number of halogens is 1. The maximum absolute atomic E-state index is 14.0. The summed E-state index contributed by atoms with van der Waals surface area (Å²) < 4.78 is 24.6. The molecule has 3 rings (SSSR count). The Morgan fingerprint density at radius 3 is 2.46 bits per heavy atom. The lowest BCUT2D eigenvalue weighted by Crippen LogP contribution is -2.28. The van der Waals surface area contributed by atoms with Gasteiger partial charge in [-0.15, -0.1) is 11.8 Å². The van der Waals surface area contributed by atoms with Crippen molar-refractivity contribution in [3.8, 4) is 11.5 Å². The molecule has 0 spiro atoms. The van der Waals surface area contributed by atoms with E-state index in [1.807, 2.05) is 12.1 Å². The van der Waals surface area contributed by atoms with E-state index < -0.39 is 0 Å². The maximum atomic E-state index is 14.0. The summed E-state index contributed by atoms with van der Waals surface area (Å²) in [4.78, 5) is 14.0. The second-order valence-corrected chi connectivity index (χ2v) is 6.49. The lowest BCUT2D eigenvalue weighted by Gasteiger charge is -2.25. The molecule has 1 saturated heterocycles. The number of nitrogens with zero attached hydrogens (tertiary/aromatic N) is 1. The van der Waals surface area contributed by atoms with Gasteiger partial charge in [0.25, 0.3) is 0 Å². The number of ether oxygens (including phenoxy) is 2. The van der Waals surface area contributed by atoms with Gasteiger partial charge in [-0.25, -0.2) is 4.39 Å². The number of methoxy groups -OCH3 is 2. The van der Waals surface area contributed by atoms with Gasteiger partial charge >= 0.3 is 0 Å². The number of amides is 1. The van der Waals surface area contributed by atoms with Crippen molar-refractivity contribution in [3.63, 3.8) is 0 Å². The second kappa shape index (κ2) is 7.13. The van der Waals surface area contributed by atoms with E-state index in [0.717, 1.165) is 5.56 Å². The first-order valence-electron chi connectivity index (χ1n) is 7.50. The van der Waals surface area contributed by atoms with Gasteiger partial charge in [0.1, 0.15) is 22.7 Å². The second-order valence-electron chi connectivity index (χ2n) is 5.42. The molecule has 0 saturated carbocycles. The fourth-order valence-corrected chi connectivity index (χ4v) is 3.85. The zero-order valence-corrected chi connectivity index (χ0v) is 14.3. The summed E-state index contributed by atoms with van der Waals surface area (Å²) in [6, 6.07) is 12.1. The highest BCUT2D eigenvalue weighted by Crippen LogP contribution is 2.42. The fourth-order valence-electron chi connectivity index (χ4n) is 2.68. The van der Waals surface area contributed by atoms with E-state index in [1.165, 1.54) is 17.8 Å². The van der Waals surface area contributed by atoms with Crippen molar-refractivity contribution in [3.05, 3.63) is 59.4 Å². The van der Waals surface area contributed by atoms with Crippen LogP contribution in [0.1, 0.15) is 16.5 Å². The predicted octanol–water partition coefficient (Wildman–Crippen LogP) is 3.62. The van der Waals surface area contributed by atoms with E-state index in [1.54, 1.807) is 43.4 Å². The van der Waals surface area contributed by atoms with E-state index >= 15 is 0 Å². The molecule has 6 heteroatoms. The lowest BCUT2D eigenvalue weighted by atomic mass is 10.1. The van der Waals surface area contributed by atoms with Crippen LogP contribution in [-0.2, 0) is 11.3 Å². The Hall–Kier alpha value is -2.21. The lowest BCUT2D eigenvalue weighted by molar-refractivity contribution is -0.128. The van der Waals surface area contributed by atoms with Crippen molar-refractivity contribution in [2.75, 3.05) is 20.0 Å². The molecule has 126 valence electrons. The molecule has 2 aromatic carbocycles. The molecule has 24 heavy (non-hydrogen) atoms. The summed E-state index contributed by atoms with van der Waals surface area (Å²) >= 11 is 1.52. The molecule has 1 aliphatic rings. The Labute approximate surface area is 144 Å². The van der Waals surface area contributed by atoms with Crippen molar-refractivity contribution in [2.45, 2.75) is 11.9 Å². The zero-order valence-electron chi connectivity index (χ0n) is 13.5. The third kappa shape index (κ3) is 3.33. The van der Waals surface area contributed by atoms with Gasteiger partial charge in [0.2, 0.25) is 5.91 Å². The highest BCUT2D eigenvalue weighted by atomic mass is 32.2. The molecule has 1 unspecified atom stereocenters. The largest absolute Gasteiger partial charge is 0.497 e. The Morgan fingerprint density at radius 1 is 1.17 bits per heavy atom. The smallest absolute Gasteiger partial charge is 0.234 e.